The van der Waals surface area contributed by atoms with E-state index in [1.54, 1.807) is 20.1 Å². The number of nitrogens with one attached hydrogen (secondary N) is 1. The molecular formula is C24H24N2O4. The summed E-state index contributed by atoms with van der Waals surface area (Å²) in [6.45, 7) is 2.08. The van der Waals surface area contributed by atoms with E-state index in [2.05, 4.69) is 10.5 Å². The molecule has 1 unspecified atom stereocenters. The largest absolute Gasteiger partial charge is 0.493 e. The summed E-state index contributed by atoms with van der Waals surface area (Å²) in [7, 11) is 1.58. The van der Waals surface area contributed by atoms with Crippen molar-refractivity contribution in [3.63, 3.8) is 0 Å². The highest BCUT2D eigenvalue weighted by Gasteiger charge is 2.14. The van der Waals surface area contributed by atoms with Gasteiger partial charge in [0.05, 0.1) is 13.3 Å². The SMILES string of the molecule is COc1cc(C=NOC(C)C(=O)Nc2ccccc2)ccc1OCc1ccccc1. The van der Waals surface area contributed by atoms with Gasteiger partial charge in [-0.3, -0.25) is 4.79 Å². The van der Waals surface area contributed by atoms with Crippen LogP contribution < -0.4 is 14.8 Å². The minimum atomic E-state index is -0.739. The van der Waals surface area contributed by atoms with E-state index in [-0.39, 0.29) is 5.91 Å². The lowest BCUT2D eigenvalue weighted by atomic mass is 10.2. The molecule has 1 amide bonds. The minimum absolute atomic E-state index is 0.277. The fraction of sp³-hybridized carbons (Fsp3) is 0.167. The summed E-state index contributed by atoms with van der Waals surface area (Å²) in [5.41, 5.74) is 2.54. The summed E-state index contributed by atoms with van der Waals surface area (Å²) < 4.78 is 11.3. The van der Waals surface area contributed by atoms with Crippen molar-refractivity contribution in [3.05, 3.63) is 90.0 Å². The Morgan fingerprint density at radius 1 is 1.00 bits per heavy atom. The number of nitrogens with zero attached hydrogens (tertiary/aromatic N) is 1. The highest BCUT2D eigenvalue weighted by Crippen LogP contribution is 2.28. The van der Waals surface area contributed by atoms with Crippen LogP contribution in [0.15, 0.2) is 84.0 Å². The number of hydrogen-bond donors (Lipinski definition) is 1. The number of carbonyl (C=O) groups is 1. The molecule has 0 aliphatic heterocycles. The molecule has 0 aliphatic rings. The van der Waals surface area contributed by atoms with Crippen LogP contribution in [0.25, 0.3) is 0 Å². The number of carbonyl (C=O) groups excluding carboxylic acids is 1. The smallest absolute Gasteiger partial charge is 0.267 e. The van der Waals surface area contributed by atoms with Gasteiger partial charge in [-0.15, -0.1) is 0 Å². The first-order valence-corrected chi connectivity index (χ1v) is 9.55. The van der Waals surface area contributed by atoms with Gasteiger partial charge in [0.1, 0.15) is 6.61 Å². The van der Waals surface area contributed by atoms with Crippen LogP contribution in [0.2, 0.25) is 0 Å². The lowest BCUT2D eigenvalue weighted by Gasteiger charge is -2.12. The molecule has 1 N–H and O–H groups in total. The van der Waals surface area contributed by atoms with Gasteiger partial charge in [-0.25, -0.2) is 0 Å². The minimum Gasteiger partial charge on any atom is -0.493 e. The number of amides is 1. The Morgan fingerprint density at radius 3 is 2.40 bits per heavy atom. The van der Waals surface area contributed by atoms with Crippen molar-refractivity contribution in [1.29, 1.82) is 0 Å². The average molecular weight is 404 g/mol. The summed E-state index contributed by atoms with van der Waals surface area (Å²) in [5, 5.41) is 6.69. The van der Waals surface area contributed by atoms with E-state index in [1.165, 1.54) is 6.21 Å². The van der Waals surface area contributed by atoms with Gasteiger partial charge in [0.2, 0.25) is 6.10 Å². The van der Waals surface area contributed by atoms with E-state index in [4.69, 9.17) is 14.3 Å². The molecule has 1 atom stereocenters. The van der Waals surface area contributed by atoms with Gasteiger partial charge < -0.3 is 19.6 Å². The normalized spacial score (nSPS) is 11.7. The van der Waals surface area contributed by atoms with Crippen molar-refractivity contribution in [2.24, 2.45) is 5.16 Å². The highest BCUT2D eigenvalue weighted by molar-refractivity contribution is 5.93. The predicted molar refractivity (Wildman–Crippen MR) is 117 cm³/mol. The molecule has 0 saturated carbocycles. The number of para-hydroxylation sites is 1. The highest BCUT2D eigenvalue weighted by atomic mass is 16.6. The van der Waals surface area contributed by atoms with Crippen LogP contribution in [-0.2, 0) is 16.2 Å². The second-order valence-corrected chi connectivity index (χ2v) is 6.52. The monoisotopic (exact) mass is 404 g/mol. The Bertz CT molecular complexity index is 975. The summed E-state index contributed by atoms with van der Waals surface area (Å²) in [6, 6.07) is 24.5. The average Bonchev–Trinajstić information content (AvgIpc) is 2.79. The first-order valence-electron chi connectivity index (χ1n) is 9.55. The molecule has 0 saturated heterocycles. The van der Waals surface area contributed by atoms with E-state index < -0.39 is 6.10 Å². The van der Waals surface area contributed by atoms with Gasteiger partial charge in [-0.1, -0.05) is 53.7 Å². The van der Waals surface area contributed by atoms with E-state index in [0.717, 1.165) is 11.1 Å². The van der Waals surface area contributed by atoms with Crippen molar-refractivity contribution in [3.8, 4) is 11.5 Å². The third kappa shape index (κ3) is 6.10. The van der Waals surface area contributed by atoms with Crippen LogP contribution in [0.4, 0.5) is 5.69 Å². The van der Waals surface area contributed by atoms with Gasteiger partial charge in [0, 0.05) is 11.3 Å². The maximum absolute atomic E-state index is 12.1. The quantitative estimate of drug-likeness (QED) is 0.416. The van der Waals surface area contributed by atoms with E-state index in [0.29, 0.717) is 23.8 Å². The van der Waals surface area contributed by atoms with Crippen LogP contribution in [0, 0.1) is 0 Å². The Hall–Kier alpha value is -3.80. The summed E-state index contributed by atoms with van der Waals surface area (Å²) in [4.78, 5) is 17.4. The molecule has 0 heterocycles. The van der Waals surface area contributed by atoms with Crippen molar-refractivity contribution in [2.45, 2.75) is 19.6 Å². The number of benzene rings is 3. The van der Waals surface area contributed by atoms with E-state index >= 15 is 0 Å². The lowest BCUT2D eigenvalue weighted by molar-refractivity contribution is -0.126. The predicted octanol–water partition coefficient (Wildman–Crippen LogP) is 4.65. The van der Waals surface area contributed by atoms with Crippen molar-refractivity contribution >= 4 is 17.8 Å². The summed E-state index contributed by atoms with van der Waals surface area (Å²) in [6.07, 6.45) is 0.785. The Balaban J connectivity index is 1.55. The van der Waals surface area contributed by atoms with Crippen LogP contribution in [0.1, 0.15) is 18.1 Å². The molecule has 6 nitrogen and oxygen atoms in total. The first-order chi connectivity index (χ1) is 14.7. The van der Waals surface area contributed by atoms with Crippen LogP contribution in [-0.4, -0.2) is 25.3 Å². The fourth-order valence-electron chi connectivity index (χ4n) is 2.61. The molecule has 0 bridgehead atoms. The molecule has 6 heteroatoms. The zero-order valence-corrected chi connectivity index (χ0v) is 16.9. The molecule has 3 aromatic rings. The molecule has 0 aliphatic carbocycles. The first kappa shape index (κ1) is 20.9. The Kier molecular flexibility index (Phi) is 7.44. The zero-order chi connectivity index (χ0) is 21.2. The molecule has 0 radical (unpaired) electrons. The Morgan fingerprint density at radius 2 is 1.70 bits per heavy atom. The third-order valence-corrected chi connectivity index (χ3v) is 4.26. The molecule has 3 rings (SSSR count). The second kappa shape index (κ2) is 10.7. The summed E-state index contributed by atoms with van der Waals surface area (Å²) >= 11 is 0. The van der Waals surface area contributed by atoms with Gasteiger partial charge in [-0.2, -0.15) is 0 Å². The van der Waals surface area contributed by atoms with Gasteiger partial charge in [-0.05, 0) is 42.8 Å². The topological polar surface area (TPSA) is 69.2 Å². The molecular weight excluding hydrogens is 380 g/mol. The van der Waals surface area contributed by atoms with Crippen LogP contribution >= 0.6 is 0 Å². The molecule has 3 aromatic carbocycles. The molecule has 154 valence electrons. The molecule has 0 spiro atoms. The lowest BCUT2D eigenvalue weighted by Crippen LogP contribution is -2.26. The second-order valence-electron chi connectivity index (χ2n) is 6.52. The van der Waals surface area contributed by atoms with Crippen LogP contribution in [0.3, 0.4) is 0 Å². The van der Waals surface area contributed by atoms with Crippen molar-refractivity contribution < 1.29 is 19.1 Å². The van der Waals surface area contributed by atoms with E-state index in [9.17, 15) is 4.79 Å². The maximum atomic E-state index is 12.1. The number of rotatable bonds is 9. The molecule has 0 aromatic heterocycles. The van der Waals surface area contributed by atoms with Gasteiger partial charge in [0.15, 0.2) is 11.5 Å². The summed E-state index contributed by atoms with van der Waals surface area (Å²) in [5.74, 6) is 0.945. The number of anilines is 1. The zero-order valence-electron chi connectivity index (χ0n) is 16.9. The fourth-order valence-corrected chi connectivity index (χ4v) is 2.61. The standard InChI is InChI=1S/C24H24N2O4/c1-18(24(27)26-21-11-7-4-8-12-21)30-25-16-20-13-14-22(23(15-20)28-2)29-17-19-9-5-3-6-10-19/h3-16,18H,17H2,1-2H3,(H,26,27). The Labute approximate surface area is 176 Å². The number of ether oxygens (including phenoxy) is 2. The van der Waals surface area contributed by atoms with Gasteiger partial charge >= 0.3 is 0 Å². The maximum Gasteiger partial charge on any atom is 0.267 e. The van der Waals surface area contributed by atoms with E-state index in [1.807, 2.05) is 72.8 Å². The molecule has 0 fully saturated rings. The van der Waals surface area contributed by atoms with Crippen molar-refractivity contribution in [1.82, 2.24) is 0 Å². The number of oxime groups is 1. The third-order valence-electron chi connectivity index (χ3n) is 4.26. The number of hydrogen-bond acceptors (Lipinski definition) is 5. The molecule has 30 heavy (non-hydrogen) atoms. The van der Waals surface area contributed by atoms with Crippen molar-refractivity contribution in [2.75, 3.05) is 12.4 Å². The van der Waals surface area contributed by atoms with Gasteiger partial charge in [0.25, 0.3) is 5.91 Å². The van der Waals surface area contributed by atoms with Crippen LogP contribution in [0.5, 0.6) is 11.5 Å². The number of methoxy groups -OCH3 is 1.